The number of alkyl halides is 1. The Morgan fingerprint density at radius 3 is 2.90 bits per heavy atom. The van der Waals surface area contributed by atoms with Crippen LogP contribution in [0.5, 0.6) is 0 Å². The van der Waals surface area contributed by atoms with Crippen LogP contribution < -0.4 is 0 Å². The average Bonchev–Trinajstić information content (AvgIpc) is 2.79. The van der Waals surface area contributed by atoms with Gasteiger partial charge in [-0.05, 0) is 36.5 Å². The molecular formula is C17H22ClFN2. The lowest BCUT2D eigenvalue weighted by atomic mass is 9.80. The Morgan fingerprint density at radius 2 is 2.14 bits per heavy atom. The summed E-state index contributed by atoms with van der Waals surface area (Å²) in [6.45, 7) is 3.28. The molecule has 0 bridgehead atoms. The van der Waals surface area contributed by atoms with Crippen LogP contribution in [0.2, 0.25) is 0 Å². The number of aromatic nitrogens is 2. The normalized spacial score (nSPS) is 22.8. The van der Waals surface area contributed by atoms with E-state index in [1.54, 1.807) is 12.1 Å². The number of imidazole rings is 1. The SMILES string of the molecule is CC1CCCCC1Cn1c(CCCl)nc2ccc(F)cc21. The van der Waals surface area contributed by atoms with Gasteiger partial charge in [0.05, 0.1) is 11.0 Å². The lowest BCUT2D eigenvalue weighted by Gasteiger charge is -2.29. The number of fused-ring (bicyclic) bond motifs is 1. The van der Waals surface area contributed by atoms with Crippen molar-refractivity contribution >= 4 is 22.6 Å². The first kappa shape index (κ1) is 14.8. The van der Waals surface area contributed by atoms with Gasteiger partial charge in [0.1, 0.15) is 11.6 Å². The molecule has 0 spiro atoms. The number of rotatable bonds is 4. The summed E-state index contributed by atoms with van der Waals surface area (Å²) in [6, 6.07) is 4.85. The first-order valence-corrected chi connectivity index (χ1v) is 8.43. The van der Waals surface area contributed by atoms with E-state index in [-0.39, 0.29) is 5.82 Å². The molecular weight excluding hydrogens is 287 g/mol. The minimum Gasteiger partial charge on any atom is -0.328 e. The number of nitrogens with zero attached hydrogens (tertiary/aromatic N) is 2. The third-order valence-electron chi connectivity index (χ3n) is 4.81. The first-order valence-electron chi connectivity index (χ1n) is 7.89. The summed E-state index contributed by atoms with van der Waals surface area (Å²) in [5.74, 6) is 2.73. The van der Waals surface area contributed by atoms with E-state index < -0.39 is 0 Å². The molecule has 1 fully saturated rings. The molecule has 114 valence electrons. The smallest absolute Gasteiger partial charge is 0.125 e. The number of aryl methyl sites for hydroxylation is 1. The molecule has 1 aromatic heterocycles. The molecule has 0 radical (unpaired) electrons. The van der Waals surface area contributed by atoms with Gasteiger partial charge in [0.15, 0.2) is 0 Å². The first-order chi connectivity index (χ1) is 10.2. The number of hydrogen-bond donors (Lipinski definition) is 0. The highest BCUT2D eigenvalue weighted by atomic mass is 35.5. The van der Waals surface area contributed by atoms with E-state index in [4.69, 9.17) is 11.6 Å². The lowest BCUT2D eigenvalue weighted by Crippen LogP contribution is -2.23. The Kier molecular flexibility index (Phi) is 4.48. The molecule has 1 heterocycles. The van der Waals surface area contributed by atoms with E-state index in [1.807, 2.05) is 0 Å². The summed E-state index contributed by atoms with van der Waals surface area (Å²) >= 11 is 5.91. The van der Waals surface area contributed by atoms with E-state index >= 15 is 0 Å². The molecule has 2 nitrogen and oxygen atoms in total. The fraction of sp³-hybridized carbons (Fsp3) is 0.588. The van der Waals surface area contributed by atoms with Crippen molar-refractivity contribution < 1.29 is 4.39 Å². The molecule has 2 atom stereocenters. The van der Waals surface area contributed by atoms with E-state index in [0.717, 1.165) is 35.7 Å². The molecule has 0 saturated heterocycles. The van der Waals surface area contributed by atoms with Crippen LogP contribution in [-0.2, 0) is 13.0 Å². The molecule has 3 rings (SSSR count). The van der Waals surface area contributed by atoms with Gasteiger partial charge in [-0.15, -0.1) is 11.6 Å². The van der Waals surface area contributed by atoms with Crippen LogP contribution in [0.25, 0.3) is 11.0 Å². The Bertz CT molecular complexity index is 623. The van der Waals surface area contributed by atoms with E-state index in [2.05, 4.69) is 16.5 Å². The maximum absolute atomic E-state index is 13.6. The van der Waals surface area contributed by atoms with Gasteiger partial charge in [0.2, 0.25) is 0 Å². The molecule has 4 heteroatoms. The summed E-state index contributed by atoms with van der Waals surface area (Å²) in [5, 5.41) is 0. The quantitative estimate of drug-likeness (QED) is 0.743. The maximum atomic E-state index is 13.6. The van der Waals surface area contributed by atoms with Crippen LogP contribution in [0.4, 0.5) is 4.39 Å². The van der Waals surface area contributed by atoms with Gasteiger partial charge >= 0.3 is 0 Å². The van der Waals surface area contributed by atoms with Crippen molar-refractivity contribution in [1.29, 1.82) is 0 Å². The summed E-state index contributed by atoms with van der Waals surface area (Å²) < 4.78 is 15.8. The van der Waals surface area contributed by atoms with Crippen molar-refractivity contribution in [2.45, 2.75) is 45.6 Å². The fourth-order valence-electron chi connectivity index (χ4n) is 3.52. The van der Waals surface area contributed by atoms with Gasteiger partial charge < -0.3 is 4.57 Å². The second kappa shape index (κ2) is 6.35. The molecule has 21 heavy (non-hydrogen) atoms. The average molecular weight is 309 g/mol. The molecule has 2 unspecified atom stereocenters. The Morgan fingerprint density at radius 1 is 1.33 bits per heavy atom. The highest BCUT2D eigenvalue weighted by Gasteiger charge is 2.23. The topological polar surface area (TPSA) is 17.8 Å². The third kappa shape index (κ3) is 3.08. The van der Waals surface area contributed by atoms with Crippen LogP contribution in [0.1, 0.15) is 38.4 Å². The van der Waals surface area contributed by atoms with Gasteiger partial charge in [0.25, 0.3) is 0 Å². The van der Waals surface area contributed by atoms with Crippen LogP contribution in [0, 0.1) is 17.7 Å². The molecule has 1 aromatic carbocycles. The second-order valence-corrected chi connectivity index (χ2v) is 6.61. The summed E-state index contributed by atoms with van der Waals surface area (Å²) in [7, 11) is 0. The van der Waals surface area contributed by atoms with E-state index in [1.165, 1.54) is 31.7 Å². The van der Waals surface area contributed by atoms with Crippen LogP contribution >= 0.6 is 11.6 Å². The van der Waals surface area contributed by atoms with Gasteiger partial charge in [0, 0.05) is 18.8 Å². The van der Waals surface area contributed by atoms with Crippen molar-refractivity contribution in [3.05, 3.63) is 29.8 Å². The van der Waals surface area contributed by atoms with Gasteiger partial charge in [-0.25, -0.2) is 9.37 Å². The summed E-state index contributed by atoms with van der Waals surface area (Å²) in [4.78, 5) is 4.65. The highest BCUT2D eigenvalue weighted by Crippen LogP contribution is 2.32. The van der Waals surface area contributed by atoms with Crippen LogP contribution in [0.3, 0.4) is 0 Å². The molecule has 2 aromatic rings. The monoisotopic (exact) mass is 308 g/mol. The van der Waals surface area contributed by atoms with Crippen LogP contribution in [-0.4, -0.2) is 15.4 Å². The minimum atomic E-state index is -0.197. The zero-order valence-electron chi connectivity index (χ0n) is 12.5. The summed E-state index contributed by atoms with van der Waals surface area (Å²) in [5.41, 5.74) is 1.79. The standard InChI is InChI=1S/C17H22ClFN2/c1-12-4-2-3-5-13(12)11-21-16-10-14(19)6-7-15(16)20-17(21)8-9-18/h6-7,10,12-13H,2-5,8-9,11H2,1H3. The van der Waals surface area contributed by atoms with Gasteiger partial charge in [-0.3, -0.25) is 0 Å². The third-order valence-corrected chi connectivity index (χ3v) is 5.00. The minimum absolute atomic E-state index is 0.197. The van der Waals surface area contributed by atoms with Crippen molar-refractivity contribution in [1.82, 2.24) is 9.55 Å². The zero-order chi connectivity index (χ0) is 14.8. The highest BCUT2D eigenvalue weighted by molar-refractivity contribution is 6.17. The van der Waals surface area contributed by atoms with Crippen molar-refractivity contribution in [3.63, 3.8) is 0 Å². The Hall–Kier alpha value is -1.09. The Labute approximate surface area is 130 Å². The molecule has 0 aliphatic heterocycles. The predicted octanol–water partition coefficient (Wildman–Crippen LogP) is 4.78. The van der Waals surface area contributed by atoms with Crippen molar-refractivity contribution in [2.24, 2.45) is 11.8 Å². The van der Waals surface area contributed by atoms with Gasteiger partial charge in [-0.1, -0.05) is 26.2 Å². The molecule has 1 aliphatic carbocycles. The predicted molar refractivity (Wildman–Crippen MR) is 85.2 cm³/mol. The number of benzene rings is 1. The van der Waals surface area contributed by atoms with Crippen molar-refractivity contribution in [3.8, 4) is 0 Å². The molecule has 1 aliphatic rings. The van der Waals surface area contributed by atoms with E-state index in [9.17, 15) is 4.39 Å². The van der Waals surface area contributed by atoms with Crippen molar-refractivity contribution in [2.75, 3.05) is 5.88 Å². The summed E-state index contributed by atoms with van der Waals surface area (Å²) in [6.07, 6.45) is 5.94. The molecule has 0 N–H and O–H groups in total. The lowest BCUT2D eigenvalue weighted by molar-refractivity contribution is 0.229. The molecule has 1 saturated carbocycles. The number of halogens is 2. The van der Waals surface area contributed by atoms with E-state index in [0.29, 0.717) is 11.8 Å². The molecule has 0 amide bonds. The zero-order valence-corrected chi connectivity index (χ0v) is 13.2. The maximum Gasteiger partial charge on any atom is 0.125 e. The second-order valence-electron chi connectivity index (χ2n) is 6.23. The number of hydrogen-bond acceptors (Lipinski definition) is 1. The van der Waals surface area contributed by atoms with Crippen LogP contribution in [0.15, 0.2) is 18.2 Å². The van der Waals surface area contributed by atoms with Gasteiger partial charge in [-0.2, -0.15) is 0 Å². The fourth-order valence-corrected chi connectivity index (χ4v) is 3.69. The Balaban J connectivity index is 1.97. The largest absolute Gasteiger partial charge is 0.328 e.